The largest absolute Gasteiger partial charge is 0.399 e. The molecule has 2 heteroatoms. The van der Waals surface area contributed by atoms with Gasteiger partial charge in [-0.25, -0.2) is 0 Å². The summed E-state index contributed by atoms with van der Waals surface area (Å²) in [5.74, 6) is 0.943. The minimum Gasteiger partial charge on any atom is -0.399 e. The van der Waals surface area contributed by atoms with Crippen LogP contribution in [0.25, 0.3) is 0 Å². The molecule has 0 spiro atoms. The van der Waals surface area contributed by atoms with Crippen molar-refractivity contribution in [3.63, 3.8) is 0 Å². The Morgan fingerprint density at radius 2 is 0.492 bits per heavy atom. The zero-order valence-corrected chi connectivity index (χ0v) is 40.9. The first-order valence-corrected chi connectivity index (χ1v) is 27.0. The average molecular weight is 855 g/mol. The van der Waals surface area contributed by atoms with Crippen LogP contribution in [0.1, 0.15) is 258 Å². The van der Waals surface area contributed by atoms with Gasteiger partial charge >= 0.3 is 0 Å². The van der Waals surface area contributed by atoms with E-state index in [0.29, 0.717) is 11.8 Å². The number of hydrogen-bond donors (Lipinski definition) is 2. The molecule has 0 heterocycles. The van der Waals surface area contributed by atoms with Gasteiger partial charge in [0, 0.05) is 23.2 Å². The van der Waals surface area contributed by atoms with Crippen molar-refractivity contribution in [2.24, 2.45) is 0 Å². The van der Waals surface area contributed by atoms with Crippen LogP contribution in [-0.4, -0.2) is 0 Å². The van der Waals surface area contributed by atoms with Gasteiger partial charge in [-0.1, -0.05) is 260 Å². The number of benzene rings is 4. The third-order valence-electron chi connectivity index (χ3n) is 14.1. The molecule has 4 N–H and O–H groups in total. The van der Waals surface area contributed by atoms with Crippen LogP contribution in [0.4, 0.5) is 11.4 Å². The number of hydrogen-bond acceptors (Lipinski definition) is 2. The highest BCUT2D eigenvalue weighted by Gasteiger charge is 2.16. The molecule has 0 saturated carbocycles. The van der Waals surface area contributed by atoms with Gasteiger partial charge in [-0.3, -0.25) is 0 Å². The van der Waals surface area contributed by atoms with Gasteiger partial charge in [-0.15, -0.1) is 0 Å². The maximum absolute atomic E-state index is 6.03. The van der Waals surface area contributed by atoms with Gasteiger partial charge in [0.15, 0.2) is 0 Å². The molecule has 0 saturated heterocycles. The lowest BCUT2D eigenvalue weighted by atomic mass is 9.86. The molecule has 0 fully saturated rings. The van der Waals surface area contributed by atoms with Gasteiger partial charge in [0.2, 0.25) is 0 Å². The second-order valence-corrected chi connectivity index (χ2v) is 19.5. The van der Waals surface area contributed by atoms with Crippen molar-refractivity contribution in [2.75, 3.05) is 11.5 Å². The van der Waals surface area contributed by atoms with E-state index < -0.39 is 0 Å². The van der Waals surface area contributed by atoms with Crippen LogP contribution in [0, 0.1) is 0 Å². The molecule has 0 aromatic heterocycles. The number of aryl methyl sites for hydroxylation is 2. The number of nitrogens with two attached hydrogens (primary N) is 2. The Balaban J connectivity index is 0.948. The molecule has 0 amide bonds. The molecule has 348 valence electrons. The van der Waals surface area contributed by atoms with E-state index in [9.17, 15) is 0 Å². The van der Waals surface area contributed by atoms with E-state index in [1.54, 1.807) is 0 Å². The normalized spacial score (nSPS) is 12.5. The maximum Gasteiger partial charge on any atom is 0.0314 e. The Kier molecular flexibility index (Phi) is 28.1. The zero-order chi connectivity index (χ0) is 44.4. The predicted octanol–water partition coefficient (Wildman–Crippen LogP) is 19.0. The smallest absolute Gasteiger partial charge is 0.0314 e. The molecule has 2 unspecified atom stereocenters. The van der Waals surface area contributed by atoms with E-state index in [4.69, 9.17) is 11.5 Å². The summed E-state index contributed by atoms with van der Waals surface area (Å²) in [5, 5.41) is 0. The van der Waals surface area contributed by atoms with Crippen LogP contribution >= 0.6 is 0 Å². The van der Waals surface area contributed by atoms with Crippen molar-refractivity contribution in [1.82, 2.24) is 0 Å². The highest BCUT2D eigenvalue weighted by Crippen LogP contribution is 2.33. The Labute approximate surface area is 389 Å². The van der Waals surface area contributed by atoms with E-state index >= 15 is 0 Å². The number of unbranched alkanes of at least 4 members (excludes halogenated alkanes) is 26. The molecule has 0 aliphatic heterocycles. The molecule has 2 atom stereocenters. The molecular weight excluding hydrogens is 761 g/mol. The maximum atomic E-state index is 6.03. The van der Waals surface area contributed by atoms with E-state index in [2.05, 4.69) is 111 Å². The number of anilines is 2. The molecular formula is C61H94N2. The Bertz CT molecular complexity index is 1510. The summed E-state index contributed by atoms with van der Waals surface area (Å²) in [5.41, 5.74) is 22.5. The second-order valence-electron chi connectivity index (χ2n) is 19.5. The van der Waals surface area contributed by atoms with Crippen molar-refractivity contribution in [1.29, 1.82) is 0 Å². The van der Waals surface area contributed by atoms with Crippen LogP contribution in [0.2, 0.25) is 0 Å². The monoisotopic (exact) mass is 855 g/mol. The summed E-state index contributed by atoms with van der Waals surface area (Å²) in [4.78, 5) is 0. The summed E-state index contributed by atoms with van der Waals surface area (Å²) < 4.78 is 0. The number of rotatable bonds is 38. The Morgan fingerprint density at radius 1 is 0.270 bits per heavy atom. The quantitative estimate of drug-likeness (QED) is 0.0349. The van der Waals surface area contributed by atoms with Crippen molar-refractivity contribution < 1.29 is 0 Å². The summed E-state index contributed by atoms with van der Waals surface area (Å²) in [6, 6.07) is 36.5. The first-order valence-electron chi connectivity index (χ1n) is 27.0. The standard InChI is InChI=1S/C61H94N2/c1-3-5-7-9-26-30-34-60(56-44-48-58(62)49-45-56)54-40-36-52(37-41-54)32-28-24-22-20-18-16-14-12-11-13-15-17-19-21-23-25-29-33-53-38-42-55(43-39-53)61(35-31-27-10-8-6-4-2)57-46-50-59(63)51-47-57/h36-51,60-61H,3-35,62-63H2,1-2H3. The van der Waals surface area contributed by atoms with Crippen molar-refractivity contribution in [3.05, 3.63) is 130 Å². The molecule has 4 rings (SSSR count). The Morgan fingerprint density at radius 3 is 0.762 bits per heavy atom. The van der Waals surface area contributed by atoms with Gasteiger partial charge in [0.05, 0.1) is 0 Å². The molecule has 2 nitrogen and oxygen atoms in total. The highest BCUT2D eigenvalue weighted by molar-refractivity contribution is 5.44. The van der Waals surface area contributed by atoms with E-state index in [0.717, 1.165) is 11.4 Å². The fourth-order valence-electron chi connectivity index (χ4n) is 9.91. The van der Waals surface area contributed by atoms with Crippen LogP contribution in [0.15, 0.2) is 97.1 Å². The summed E-state index contributed by atoms with van der Waals surface area (Å²) in [6.07, 6.45) is 45.0. The SMILES string of the molecule is CCCCCCCCC(c1ccc(N)cc1)c1ccc(CCCCCCCCCCCCCCCCCCCc2ccc(C(CCCCCCCC)c3ccc(N)cc3)cc2)cc1. The lowest BCUT2D eigenvalue weighted by Gasteiger charge is -2.19. The molecule has 0 bridgehead atoms. The third-order valence-corrected chi connectivity index (χ3v) is 14.1. The molecule has 0 aliphatic carbocycles. The van der Waals surface area contributed by atoms with E-state index in [1.807, 2.05) is 0 Å². The molecule has 0 aliphatic rings. The lowest BCUT2D eigenvalue weighted by molar-refractivity contribution is 0.525. The molecule has 4 aromatic rings. The first kappa shape index (κ1) is 52.1. The lowest BCUT2D eigenvalue weighted by Crippen LogP contribution is -2.02. The van der Waals surface area contributed by atoms with Crippen LogP contribution in [-0.2, 0) is 12.8 Å². The van der Waals surface area contributed by atoms with E-state index in [-0.39, 0.29) is 0 Å². The van der Waals surface area contributed by atoms with Gasteiger partial charge in [0.1, 0.15) is 0 Å². The zero-order valence-electron chi connectivity index (χ0n) is 40.9. The third kappa shape index (κ3) is 22.8. The van der Waals surface area contributed by atoms with Crippen molar-refractivity contribution >= 4 is 11.4 Å². The fraction of sp³-hybridized carbons (Fsp3) is 0.607. The molecule has 63 heavy (non-hydrogen) atoms. The van der Waals surface area contributed by atoms with Gasteiger partial charge < -0.3 is 11.5 Å². The topological polar surface area (TPSA) is 52.0 Å². The minimum absolute atomic E-state index is 0.471. The Hall–Kier alpha value is -3.52. The summed E-state index contributed by atoms with van der Waals surface area (Å²) in [6.45, 7) is 4.59. The predicted molar refractivity (Wildman–Crippen MR) is 280 cm³/mol. The van der Waals surface area contributed by atoms with Crippen LogP contribution < -0.4 is 11.5 Å². The van der Waals surface area contributed by atoms with Crippen molar-refractivity contribution in [3.8, 4) is 0 Å². The van der Waals surface area contributed by atoms with E-state index in [1.165, 1.54) is 245 Å². The minimum atomic E-state index is 0.471. The van der Waals surface area contributed by atoms with Gasteiger partial charge in [0.25, 0.3) is 0 Å². The van der Waals surface area contributed by atoms with Gasteiger partial charge in [-0.05, 0) is 96.2 Å². The second kappa shape index (κ2) is 33.9. The fourth-order valence-corrected chi connectivity index (χ4v) is 9.91. The summed E-state index contributed by atoms with van der Waals surface area (Å²) in [7, 11) is 0. The summed E-state index contributed by atoms with van der Waals surface area (Å²) >= 11 is 0. The molecule has 4 aromatic carbocycles. The van der Waals surface area contributed by atoms with Crippen molar-refractivity contribution in [2.45, 2.75) is 238 Å². The first-order chi connectivity index (χ1) is 31.1. The van der Waals surface area contributed by atoms with Crippen LogP contribution in [0.3, 0.4) is 0 Å². The highest BCUT2D eigenvalue weighted by atomic mass is 14.5. The average Bonchev–Trinajstić information content (AvgIpc) is 3.31. The number of nitrogen functional groups attached to an aromatic ring is 2. The molecule has 0 radical (unpaired) electrons. The van der Waals surface area contributed by atoms with Crippen LogP contribution in [0.5, 0.6) is 0 Å². The van der Waals surface area contributed by atoms with Gasteiger partial charge in [-0.2, -0.15) is 0 Å².